The second-order valence-corrected chi connectivity index (χ2v) is 6.78. The SMILES string of the molecule is COc1cc(F)c([N+](=O)[O-])c(N2CC(C)SC(C)C2)c1. The maximum atomic E-state index is 13.9. The minimum absolute atomic E-state index is 0.293. The van der Waals surface area contributed by atoms with Gasteiger partial charge in [-0.15, -0.1) is 0 Å². The Balaban J connectivity index is 2.47. The van der Waals surface area contributed by atoms with E-state index < -0.39 is 16.4 Å². The average Bonchev–Trinajstić information content (AvgIpc) is 2.35. The van der Waals surface area contributed by atoms with E-state index in [1.54, 1.807) is 0 Å². The van der Waals surface area contributed by atoms with Crippen LogP contribution in [0.15, 0.2) is 12.1 Å². The molecular formula is C13H17FN2O3S. The van der Waals surface area contributed by atoms with Crippen molar-refractivity contribution in [2.45, 2.75) is 24.3 Å². The number of halogens is 1. The summed E-state index contributed by atoms with van der Waals surface area (Å²) < 4.78 is 19.0. The number of hydrogen-bond donors (Lipinski definition) is 0. The minimum atomic E-state index is -0.858. The number of hydrogen-bond acceptors (Lipinski definition) is 5. The molecule has 1 aromatic rings. The van der Waals surface area contributed by atoms with Gasteiger partial charge in [0.1, 0.15) is 11.4 Å². The summed E-state index contributed by atoms with van der Waals surface area (Å²) in [6.45, 7) is 5.44. The fraction of sp³-hybridized carbons (Fsp3) is 0.538. The molecule has 1 heterocycles. The van der Waals surface area contributed by atoms with Crippen molar-refractivity contribution in [2.24, 2.45) is 0 Å². The molecule has 0 amide bonds. The van der Waals surface area contributed by atoms with Crippen molar-refractivity contribution < 1.29 is 14.1 Å². The highest BCUT2D eigenvalue weighted by Gasteiger charge is 2.30. The van der Waals surface area contributed by atoms with E-state index in [4.69, 9.17) is 4.74 Å². The summed E-state index contributed by atoms with van der Waals surface area (Å²) in [5, 5.41) is 11.8. The second-order valence-electron chi connectivity index (χ2n) is 4.90. The molecule has 2 unspecified atom stereocenters. The molecule has 7 heteroatoms. The summed E-state index contributed by atoms with van der Waals surface area (Å²) in [6, 6.07) is 2.59. The molecular weight excluding hydrogens is 283 g/mol. The summed E-state index contributed by atoms with van der Waals surface area (Å²) >= 11 is 1.83. The molecule has 20 heavy (non-hydrogen) atoms. The van der Waals surface area contributed by atoms with Gasteiger partial charge in [-0.1, -0.05) is 13.8 Å². The van der Waals surface area contributed by atoms with Gasteiger partial charge in [-0.2, -0.15) is 16.2 Å². The highest BCUT2D eigenvalue weighted by atomic mass is 32.2. The third-order valence-electron chi connectivity index (χ3n) is 3.20. The first kappa shape index (κ1) is 14.9. The molecule has 0 aliphatic carbocycles. The van der Waals surface area contributed by atoms with Gasteiger partial charge in [0.15, 0.2) is 0 Å². The van der Waals surface area contributed by atoms with Crippen LogP contribution in [-0.4, -0.2) is 35.6 Å². The summed E-state index contributed by atoms with van der Waals surface area (Å²) in [5.74, 6) is -0.565. The van der Waals surface area contributed by atoms with Gasteiger partial charge in [-0.25, -0.2) is 0 Å². The topological polar surface area (TPSA) is 55.6 Å². The fourth-order valence-corrected chi connectivity index (χ4v) is 3.80. The monoisotopic (exact) mass is 300 g/mol. The molecule has 5 nitrogen and oxygen atoms in total. The van der Waals surface area contributed by atoms with Gasteiger partial charge in [0.05, 0.1) is 12.0 Å². The van der Waals surface area contributed by atoms with Gasteiger partial charge < -0.3 is 9.64 Å². The van der Waals surface area contributed by atoms with Crippen molar-refractivity contribution in [3.8, 4) is 5.75 Å². The van der Waals surface area contributed by atoms with Crippen molar-refractivity contribution in [3.63, 3.8) is 0 Å². The van der Waals surface area contributed by atoms with Crippen molar-refractivity contribution in [1.29, 1.82) is 0 Å². The lowest BCUT2D eigenvalue weighted by Crippen LogP contribution is -2.40. The minimum Gasteiger partial charge on any atom is -0.497 e. The van der Waals surface area contributed by atoms with E-state index in [0.717, 1.165) is 6.07 Å². The van der Waals surface area contributed by atoms with Gasteiger partial charge in [0.25, 0.3) is 0 Å². The summed E-state index contributed by atoms with van der Waals surface area (Å²) in [4.78, 5) is 12.3. The van der Waals surface area contributed by atoms with Crippen LogP contribution in [0.2, 0.25) is 0 Å². The average molecular weight is 300 g/mol. The van der Waals surface area contributed by atoms with Crippen LogP contribution >= 0.6 is 11.8 Å². The molecule has 110 valence electrons. The third kappa shape index (κ3) is 2.98. The zero-order chi connectivity index (χ0) is 14.9. The maximum absolute atomic E-state index is 13.9. The predicted octanol–water partition coefficient (Wildman–Crippen LogP) is 3.07. The molecule has 0 aromatic heterocycles. The normalized spacial score (nSPS) is 22.7. The number of thioether (sulfide) groups is 1. The van der Waals surface area contributed by atoms with Crippen LogP contribution in [-0.2, 0) is 0 Å². The zero-order valence-corrected chi connectivity index (χ0v) is 12.4. The Bertz CT molecular complexity index is 517. The number of nitro benzene ring substituents is 1. The highest BCUT2D eigenvalue weighted by molar-refractivity contribution is 8.00. The van der Waals surface area contributed by atoms with Gasteiger partial charge >= 0.3 is 5.69 Å². The molecule has 1 aromatic carbocycles. The summed E-state index contributed by atoms with van der Waals surface area (Å²) in [6.07, 6.45) is 0. The van der Waals surface area contributed by atoms with Gasteiger partial charge in [-0.3, -0.25) is 10.1 Å². The molecule has 2 rings (SSSR count). The third-order valence-corrected chi connectivity index (χ3v) is 4.42. The van der Waals surface area contributed by atoms with Crippen LogP contribution < -0.4 is 9.64 Å². The number of ether oxygens (including phenoxy) is 1. The Labute approximate surface area is 121 Å². The first-order valence-electron chi connectivity index (χ1n) is 6.34. The lowest BCUT2D eigenvalue weighted by molar-refractivity contribution is -0.386. The van der Waals surface area contributed by atoms with Crippen LogP contribution in [0.4, 0.5) is 15.8 Å². The molecule has 1 saturated heterocycles. The quantitative estimate of drug-likeness (QED) is 0.634. The number of methoxy groups -OCH3 is 1. The highest BCUT2D eigenvalue weighted by Crippen LogP contribution is 2.38. The standard InChI is InChI=1S/C13H17FN2O3S/c1-8-6-15(7-9(2)20-8)12-5-10(19-3)4-11(14)13(12)16(17)18/h4-5,8-9H,6-7H2,1-3H3. The van der Waals surface area contributed by atoms with Gasteiger partial charge in [0.2, 0.25) is 5.82 Å². The van der Waals surface area contributed by atoms with Gasteiger partial charge in [-0.05, 0) is 0 Å². The number of nitrogens with zero attached hydrogens (tertiary/aromatic N) is 2. The lowest BCUT2D eigenvalue weighted by Gasteiger charge is -2.35. The Morgan fingerprint density at radius 1 is 1.40 bits per heavy atom. The zero-order valence-electron chi connectivity index (χ0n) is 11.6. The molecule has 2 atom stereocenters. The Morgan fingerprint density at radius 3 is 2.50 bits per heavy atom. The molecule has 0 spiro atoms. The molecule has 0 N–H and O–H groups in total. The van der Waals surface area contributed by atoms with Crippen LogP contribution in [0.3, 0.4) is 0 Å². The fourth-order valence-electron chi connectivity index (χ4n) is 2.47. The summed E-state index contributed by atoms with van der Waals surface area (Å²) in [5.41, 5.74) is -0.178. The number of benzene rings is 1. The van der Waals surface area contributed by atoms with Crippen LogP contribution in [0.1, 0.15) is 13.8 Å². The van der Waals surface area contributed by atoms with Crippen molar-refractivity contribution in [2.75, 3.05) is 25.1 Å². The first-order valence-corrected chi connectivity index (χ1v) is 7.29. The largest absolute Gasteiger partial charge is 0.497 e. The smallest absolute Gasteiger partial charge is 0.328 e. The predicted molar refractivity (Wildman–Crippen MR) is 78.3 cm³/mol. The van der Waals surface area contributed by atoms with Crippen LogP contribution in [0, 0.1) is 15.9 Å². The Morgan fingerprint density at radius 2 is 2.00 bits per heavy atom. The molecule has 0 radical (unpaired) electrons. The number of rotatable bonds is 3. The van der Waals surface area contributed by atoms with Crippen LogP contribution in [0.5, 0.6) is 5.75 Å². The number of nitro groups is 1. The lowest BCUT2D eigenvalue weighted by atomic mass is 10.2. The second kappa shape index (κ2) is 5.87. The first-order chi connectivity index (χ1) is 9.42. The van der Waals surface area contributed by atoms with Crippen LogP contribution in [0.25, 0.3) is 0 Å². The van der Waals surface area contributed by atoms with E-state index in [1.807, 2.05) is 16.7 Å². The molecule has 1 aliphatic rings. The maximum Gasteiger partial charge on any atom is 0.328 e. The van der Waals surface area contributed by atoms with Crippen molar-refractivity contribution in [1.82, 2.24) is 0 Å². The van der Waals surface area contributed by atoms with E-state index in [2.05, 4.69) is 13.8 Å². The Hall–Kier alpha value is -1.50. The van der Waals surface area contributed by atoms with Crippen molar-refractivity contribution in [3.05, 3.63) is 28.1 Å². The molecule has 0 bridgehead atoms. The van der Waals surface area contributed by atoms with Gasteiger partial charge in [0, 0.05) is 35.7 Å². The molecule has 0 saturated carbocycles. The van der Waals surface area contributed by atoms with E-state index in [0.29, 0.717) is 35.0 Å². The Kier molecular flexibility index (Phi) is 4.37. The van der Waals surface area contributed by atoms with Crippen molar-refractivity contribution >= 4 is 23.1 Å². The number of anilines is 1. The van der Waals surface area contributed by atoms with E-state index in [1.165, 1.54) is 13.2 Å². The van der Waals surface area contributed by atoms with E-state index >= 15 is 0 Å². The molecule has 1 aliphatic heterocycles. The molecule has 1 fully saturated rings. The summed E-state index contributed by atoms with van der Waals surface area (Å²) in [7, 11) is 1.42. The van der Waals surface area contributed by atoms with E-state index in [-0.39, 0.29) is 0 Å². The van der Waals surface area contributed by atoms with E-state index in [9.17, 15) is 14.5 Å².